The van der Waals surface area contributed by atoms with E-state index in [-0.39, 0.29) is 46.7 Å². The molecule has 4 rings (SSSR count). The van der Waals surface area contributed by atoms with Crippen LogP contribution >= 0.6 is 11.3 Å². The van der Waals surface area contributed by atoms with E-state index in [1.165, 1.54) is 11.1 Å². The Bertz CT molecular complexity index is 1640. The average molecular weight is 745 g/mol. The molecule has 10 nitrogen and oxygen atoms in total. The van der Waals surface area contributed by atoms with Crippen LogP contribution in [0.25, 0.3) is 0 Å². The molecule has 0 aliphatic carbocycles. The van der Waals surface area contributed by atoms with Crippen molar-refractivity contribution in [3.63, 3.8) is 0 Å². The summed E-state index contributed by atoms with van der Waals surface area (Å²) in [6.07, 6.45) is 3.16. The maximum absolute atomic E-state index is 12.4. The van der Waals surface area contributed by atoms with Gasteiger partial charge in [0.15, 0.2) is 0 Å². The number of urea groups is 2. The first kappa shape index (κ1) is 42.8. The predicted molar refractivity (Wildman–Crippen MR) is 218 cm³/mol. The Morgan fingerprint density at radius 3 is 1.40 bits per heavy atom. The van der Waals surface area contributed by atoms with Gasteiger partial charge >= 0.3 is 12.1 Å². The number of amides is 4. The quantitative estimate of drug-likeness (QED) is 0.0785. The maximum Gasteiger partial charge on any atom is 0.315 e. The van der Waals surface area contributed by atoms with Gasteiger partial charge in [0.25, 0.3) is 0 Å². The first-order valence-electron chi connectivity index (χ1n) is 18.1. The van der Waals surface area contributed by atoms with Gasteiger partial charge < -0.3 is 41.3 Å². The summed E-state index contributed by atoms with van der Waals surface area (Å²) in [5.74, 6) is 0.527. The van der Waals surface area contributed by atoms with Gasteiger partial charge in [-0.3, -0.25) is 0 Å². The zero-order valence-corrected chi connectivity index (χ0v) is 33.5. The molecule has 2 atom stereocenters. The molecule has 0 aliphatic heterocycles. The van der Waals surface area contributed by atoms with E-state index in [1.54, 1.807) is 35.6 Å². The van der Waals surface area contributed by atoms with Crippen LogP contribution in [-0.4, -0.2) is 96.5 Å². The van der Waals surface area contributed by atoms with E-state index in [0.717, 1.165) is 36.8 Å². The number of carbonyl (C=O) groups is 2. The highest BCUT2D eigenvalue weighted by atomic mass is 32.1. The van der Waals surface area contributed by atoms with Crippen molar-refractivity contribution in [2.75, 3.05) is 41.3 Å². The Balaban J connectivity index is 0.000000286. The summed E-state index contributed by atoms with van der Waals surface area (Å²) in [4.78, 5) is 28.9. The van der Waals surface area contributed by atoms with Crippen molar-refractivity contribution in [2.24, 2.45) is 0 Å². The zero-order valence-electron chi connectivity index (χ0n) is 32.6. The van der Waals surface area contributed by atoms with Crippen LogP contribution < -0.4 is 21.3 Å². The largest absolute Gasteiger partial charge is 0.508 e. The Labute approximate surface area is 320 Å². The summed E-state index contributed by atoms with van der Waals surface area (Å²) >= 11 is 1.67. The molecule has 11 heteroatoms. The summed E-state index contributed by atoms with van der Waals surface area (Å²) < 4.78 is 0. The van der Waals surface area contributed by atoms with Crippen LogP contribution in [0.2, 0.25) is 0 Å². The van der Waals surface area contributed by atoms with Crippen LogP contribution in [0.4, 0.5) is 9.59 Å². The second kappa shape index (κ2) is 20.6. The number of likely N-dealkylation sites (N-methyl/N-ethyl adjacent to an activating group) is 2. The molecule has 0 unspecified atom stereocenters. The molecule has 0 bridgehead atoms. The van der Waals surface area contributed by atoms with Gasteiger partial charge in [0.05, 0.1) is 0 Å². The summed E-state index contributed by atoms with van der Waals surface area (Å²) in [5.41, 5.74) is 4.03. The normalized spacial score (nSPS) is 12.7. The van der Waals surface area contributed by atoms with E-state index in [9.17, 15) is 19.8 Å². The summed E-state index contributed by atoms with van der Waals surface area (Å²) in [6, 6.07) is 26.7. The van der Waals surface area contributed by atoms with Crippen LogP contribution in [0.3, 0.4) is 0 Å². The first-order chi connectivity index (χ1) is 25.0. The number of rotatable bonds is 16. The fourth-order valence-electron chi connectivity index (χ4n) is 5.91. The number of phenolic OH excluding ortho intramolecular Hbond substituents is 2. The van der Waals surface area contributed by atoms with E-state index in [2.05, 4.69) is 60.0 Å². The second-order valence-corrected chi connectivity index (χ2v) is 16.2. The number of hydrogen-bond acceptors (Lipinski definition) is 7. The smallest absolute Gasteiger partial charge is 0.315 e. The van der Waals surface area contributed by atoms with Gasteiger partial charge in [0.1, 0.15) is 11.5 Å². The van der Waals surface area contributed by atoms with E-state index >= 15 is 0 Å². The molecule has 6 N–H and O–H groups in total. The van der Waals surface area contributed by atoms with E-state index in [4.69, 9.17) is 0 Å². The van der Waals surface area contributed by atoms with E-state index in [1.807, 2.05) is 98.4 Å². The van der Waals surface area contributed by atoms with Gasteiger partial charge in [-0.25, -0.2) is 9.59 Å². The second-order valence-electron chi connectivity index (χ2n) is 15.4. The molecule has 1 aromatic heterocycles. The predicted octanol–water partition coefficient (Wildman–Crippen LogP) is 6.43. The minimum absolute atomic E-state index is 0.150. The van der Waals surface area contributed by atoms with Gasteiger partial charge in [0, 0.05) is 36.3 Å². The molecule has 4 amide bonds. The first-order valence-corrected chi connectivity index (χ1v) is 19.0. The van der Waals surface area contributed by atoms with Crippen molar-refractivity contribution in [1.82, 2.24) is 31.1 Å². The third kappa shape index (κ3) is 16.8. The van der Waals surface area contributed by atoms with E-state index in [0.29, 0.717) is 13.1 Å². The van der Waals surface area contributed by atoms with Gasteiger partial charge in [0.2, 0.25) is 0 Å². The van der Waals surface area contributed by atoms with Crippen molar-refractivity contribution in [2.45, 2.75) is 76.5 Å². The van der Waals surface area contributed by atoms with Crippen molar-refractivity contribution in [3.05, 3.63) is 118 Å². The number of carbonyl (C=O) groups excluding carboxylic acids is 2. The minimum Gasteiger partial charge on any atom is -0.508 e. The number of phenols is 2. The van der Waals surface area contributed by atoms with Crippen LogP contribution in [0.1, 0.15) is 49.9 Å². The van der Waals surface area contributed by atoms with E-state index < -0.39 is 0 Å². The molecule has 53 heavy (non-hydrogen) atoms. The Morgan fingerprint density at radius 2 is 1.02 bits per heavy atom. The van der Waals surface area contributed by atoms with Gasteiger partial charge in [-0.2, -0.15) is 11.3 Å². The third-order valence-corrected chi connectivity index (χ3v) is 9.62. The molecule has 1 heterocycles. The Kier molecular flexibility index (Phi) is 16.7. The Hall–Kier alpha value is -4.58. The lowest BCUT2D eigenvalue weighted by molar-refractivity contribution is 0.221. The standard InChI is InChI=1S/C22H31N3O2.C20H29N3O2S/c1-22(2,15-18-8-6-5-7-9-18)24-21(27)23-16-19(25(3)4)14-17-10-12-20(26)13-11-17;1-20(2,12-16-9-10-26-14-16)22-19(25)21-13-17(23(3)4)11-15-5-7-18(24)8-6-15/h5-13,19,26H,14-16H2,1-4H3,(H2,23,24,27);5-10,14,17,24H,11-13H2,1-4H3,(H2,21,22,25)/t19-;17-/m00/s1. The van der Waals surface area contributed by atoms with Crippen LogP contribution in [-0.2, 0) is 25.7 Å². The molecule has 4 aromatic rings. The highest BCUT2D eigenvalue weighted by molar-refractivity contribution is 7.07. The lowest BCUT2D eigenvalue weighted by atomic mass is 9.95. The molecular formula is C42H60N6O4S. The van der Waals surface area contributed by atoms with Gasteiger partial charge in [-0.1, -0.05) is 54.6 Å². The van der Waals surface area contributed by atoms with Crippen molar-refractivity contribution >= 4 is 23.4 Å². The number of nitrogens with zero attached hydrogens (tertiary/aromatic N) is 2. The number of nitrogens with one attached hydrogen (secondary N) is 4. The van der Waals surface area contributed by atoms with Gasteiger partial charge in [-0.05, 0) is 145 Å². The maximum atomic E-state index is 12.4. The van der Waals surface area contributed by atoms with Gasteiger partial charge in [-0.15, -0.1) is 0 Å². The fraction of sp³-hybridized carbons (Fsp3) is 0.429. The zero-order chi connectivity index (χ0) is 39.0. The van der Waals surface area contributed by atoms with Crippen LogP contribution in [0.15, 0.2) is 95.7 Å². The molecule has 0 spiro atoms. The third-order valence-electron chi connectivity index (χ3n) is 8.89. The summed E-state index contributed by atoms with van der Waals surface area (Å²) in [6.45, 7) is 9.21. The number of thiophene rings is 1. The van der Waals surface area contributed by atoms with Crippen LogP contribution in [0.5, 0.6) is 11.5 Å². The van der Waals surface area contributed by atoms with Crippen molar-refractivity contribution < 1.29 is 19.8 Å². The SMILES string of the molecule is CN(C)[C@H](CNC(=O)NC(C)(C)Cc1ccccc1)Cc1ccc(O)cc1.CN(C)[C@H](CNC(=O)NC(C)(C)Cc1ccsc1)Cc1ccc(O)cc1. The summed E-state index contributed by atoms with van der Waals surface area (Å²) in [5, 5.41) is 35.1. The molecule has 0 radical (unpaired) electrons. The molecule has 3 aromatic carbocycles. The molecule has 0 saturated carbocycles. The molecule has 0 saturated heterocycles. The topological polar surface area (TPSA) is 129 Å². The van der Waals surface area contributed by atoms with Crippen LogP contribution in [0, 0.1) is 0 Å². The molecular weight excluding hydrogens is 685 g/mol. The van der Waals surface area contributed by atoms with Crippen molar-refractivity contribution in [3.8, 4) is 11.5 Å². The lowest BCUT2D eigenvalue weighted by Crippen LogP contribution is -2.52. The molecule has 288 valence electrons. The number of hydrogen-bond donors (Lipinski definition) is 6. The Morgan fingerprint density at radius 1 is 0.604 bits per heavy atom. The fourth-order valence-corrected chi connectivity index (χ4v) is 6.57. The monoisotopic (exact) mass is 744 g/mol. The van der Waals surface area contributed by atoms with Crippen molar-refractivity contribution in [1.29, 1.82) is 0 Å². The highest BCUT2D eigenvalue weighted by Gasteiger charge is 2.23. The minimum atomic E-state index is -0.337. The number of aromatic hydroxyl groups is 2. The summed E-state index contributed by atoms with van der Waals surface area (Å²) in [7, 11) is 8.02. The highest BCUT2D eigenvalue weighted by Crippen LogP contribution is 2.17. The molecule has 0 aliphatic rings. The molecule has 0 fully saturated rings. The lowest BCUT2D eigenvalue weighted by Gasteiger charge is -2.29. The number of benzene rings is 3. The average Bonchev–Trinajstić information content (AvgIpc) is 3.58.